The van der Waals surface area contributed by atoms with Crippen molar-refractivity contribution in [2.24, 2.45) is 0 Å². The predicted molar refractivity (Wildman–Crippen MR) is 74.6 cm³/mol. The summed E-state index contributed by atoms with van der Waals surface area (Å²) < 4.78 is 5.42. The van der Waals surface area contributed by atoms with Gasteiger partial charge in [0.15, 0.2) is 0 Å². The number of hydrogen-bond acceptors (Lipinski definition) is 6. The first-order valence-corrected chi connectivity index (χ1v) is 7.50. The molecule has 1 aromatic heterocycles. The minimum atomic E-state index is 0.0155. The molecule has 2 rings (SSSR count). The zero-order chi connectivity index (χ0) is 13.0. The summed E-state index contributed by atoms with van der Waals surface area (Å²) in [5, 5.41) is 3.98. The second-order valence-corrected chi connectivity index (χ2v) is 6.14. The molecule has 1 atom stereocenters. The van der Waals surface area contributed by atoms with Crippen LogP contribution >= 0.6 is 23.4 Å². The van der Waals surface area contributed by atoms with Crippen molar-refractivity contribution in [1.82, 2.24) is 15.0 Å². The highest BCUT2D eigenvalue weighted by atomic mass is 35.5. The summed E-state index contributed by atoms with van der Waals surface area (Å²) in [5.41, 5.74) is 0. The molecule has 1 aromatic rings. The van der Waals surface area contributed by atoms with Crippen LogP contribution in [0.15, 0.2) is 0 Å². The zero-order valence-electron chi connectivity index (χ0n) is 10.5. The lowest BCUT2D eigenvalue weighted by Crippen LogP contribution is -2.17. The molecule has 0 radical (unpaired) electrons. The lowest BCUT2D eigenvalue weighted by Gasteiger charge is -2.12. The molecule has 1 aliphatic heterocycles. The van der Waals surface area contributed by atoms with Gasteiger partial charge in [-0.25, -0.2) is 0 Å². The van der Waals surface area contributed by atoms with E-state index in [9.17, 15) is 0 Å². The standard InChI is InChI=1S/C11H17ClN4OS/c1-7(2)17-11-15-9(12)14-10(16-11)13-6-8-4-3-5-18-8/h7-8H,3-6H2,1-2H3,(H,13,14,15,16). The van der Waals surface area contributed by atoms with Crippen LogP contribution in [0.1, 0.15) is 26.7 Å². The molecule has 0 amide bonds. The van der Waals surface area contributed by atoms with Crippen LogP contribution in [0.25, 0.3) is 0 Å². The number of ether oxygens (including phenoxy) is 1. The van der Waals surface area contributed by atoms with Crippen molar-refractivity contribution in [1.29, 1.82) is 0 Å². The molecule has 0 bridgehead atoms. The number of halogens is 1. The van der Waals surface area contributed by atoms with Crippen molar-refractivity contribution in [3.63, 3.8) is 0 Å². The Bertz CT molecular complexity index is 399. The van der Waals surface area contributed by atoms with Gasteiger partial charge in [-0.15, -0.1) is 0 Å². The molecule has 1 aliphatic rings. The van der Waals surface area contributed by atoms with Crippen LogP contribution in [-0.4, -0.2) is 38.6 Å². The molecule has 1 unspecified atom stereocenters. The highest BCUT2D eigenvalue weighted by Gasteiger charge is 2.16. The van der Waals surface area contributed by atoms with Gasteiger partial charge in [0.25, 0.3) is 0 Å². The number of nitrogens with zero attached hydrogens (tertiary/aromatic N) is 3. The van der Waals surface area contributed by atoms with Crippen molar-refractivity contribution < 1.29 is 4.74 Å². The van der Waals surface area contributed by atoms with Crippen LogP contribution in [0.4, 0.5) is 5.95 Å². The summed E-state index contributed by atoms with van der Waals surface area (Å²) in [5.74, 6) is 1.73. The number of aromatic nitrogens is 3. The van der Waals surface area contributed by atoms with E-state index < -0.39 is 0 Å². The Kier molecular flexibility index (Phi) is 4.88. The molecule has 2 heterocycles. The first-order valence-electron chi connectivity index (χ1n) is 6.07. The van der Waals surface area contributed by atoms with Crippen LogP contribution < -0.4 is 10.1 Å². The normalized spacial score (nSPS) is 19.2. The van der Waals surface area contributed by atoms with Crippen LogP contribution in [0.5, 0.6) is 6.01 Å². The smallest absolute Gasteiger partial charge is 0.322 e. The number of thioether (sulfide) groups is 1. The molecule has 1 fully saturated rings. The summed E-state index contributed by atoms with van der Waals surface area (Å²) in [6, 6.07) is 0.270. The molecule has 5 nitrogen and oxygen atoms in total. The summed E-state index contributed by atoms with van der Waals surface area (Å²) >= 11 is 7.82. The fraction of sp³-hybridized carbons (Fsp3) is 0.727. The minimum Gasteiger partial charge on any atom is -0.461 e. The third kappa shape index (κ3) is 4.17. The number of rotatable bonds is 5. The van der Waals surface area contributed by atoms with Gasteiger partial charge in [-0.05, 0) is 44.0 Å². The monoisotopic (exact) mass is 288 g/mol. The maximum atomic E-state index is 5.84. The number of hydrogen-bond donors (Lipinski definition) is 1. The van der Waals surface area contributed by atoms with Gasteiger partial charge in [-0.1, -0.05) is 0 Å². The zero-order valence-corrected chi connectivity index (χ0v) is 12.1. The van der Waals surface area contributed by atoms with Gasteiger partial charge in [0, 0.05) is 11.8 Å². The Labute approximate surface area is 116 Å². The second kappa shape index (κ2) is 6.43. The Balaban J connectivity index is 1.96. The first kappa shape index (κ1) is 13.7. The van der Waals surface area contributed by atoms with Gasteiger partial charge >= 0.3 is 6.01 Å². The molecule has 7 heteroatoms. The third-order valence-corrected chi connectivity index (χ3v) is 4.01. The molecule has 0 saturated carbocycles. The van der Waals surface area contributed by atoms with Crippen LogP contribution in [-0.2, 0) is 0 Å². The molecular weight excluding hydrogens is 272 g/mol. The second-order valence-electron chi connectivity index (χ2n) is 4.39. The van der Waals surface area contributed by atoms with Gasteiger partial charge in [0.2, 0.25) is 11.2 Å². The molecule has 1 saturated heterocycles. The highest BCUT2D eigenvalue weighted by molar-refractivity contribution is 8.00. The van der Waals surface area contributed by atoms with E-state index >= 15 is 0 Å². The maximum absolute atomic E-state index is 5.84. The van der Waals surface area contributed by atoms with E-state index in [0.717, 1.165) is 6.54 Å². The quantitative estimate of drug-likeness (QED) is 0.899. The van der Waals surface area contributed by atoms with Gasteiger partial charge in [0.05, 0.1) is 6.10 Å². The lowest BCUT2D eigenvalue weighted by molar-refractivity contribution is 0.222. The van der Waals surface area contributed by atoms with E-state index in [-0.39, 0.29) is 17.4 Å². The van der Waals surface area contributed by atoms with E-state index in [1.807, 2.05) is 25.6 Å². The van der Waals surface area contributed by atoms with Crippen molar-refractivity contribution in [2.45, 2.75) is 38.0 Å². The fourth-order valence-electron chi connectivity index (χ4n) is 1.68. The van der Waals surface area contributed by atoms with Crippen molar-refractivity contribution >= 4 is 29.3 Å². The summed E-state index contributed by atoms with van der Waals surface area (Å²) in [7, 11) is 0. The van der Waals surface area contributed by atoms with Gasteiger partial charge in [-0.2, -0.15) is 26.7 Å². The van der Waals surface area contributed by atoms with Gasteiger partial charge in [0.1, 0.15) is 0 Å². The predicted octanol–water partition coefficient (Wildman–Crippen LogP) is 2.62. The fourth-order valence-corrected chi connectivity index (χ4v) is 3.04. The Morgan fingerprint density at radius 3 is 2.94 bits per heavy atom. The largest absolute Gasteiger partial charge is 0.461 e. The van der Waals surface area contributed by atoms with E-state index in [2.05, 4.69) is 20.3 Å². The summed E-state index contributed by atoms with van der Waals surface area (Å²) in [6.45, 7) is 4.69. The van der Waals surface area contributed by atoms with Crippen molar-refractivity contribution in [3.8, 4) is 6.01 Å². The molecular formula is C11H17ClN4OS. The van der Waals surface area contributed by atoms with Crippen molar-refractivity contribution in [2.75, 3.05) is 17.6 Å². The van der Waals surface area contributed by atoms with Gasteiger partial charge in [-0.3, -0.25) is 0 Å². The van der Waals surface area contributed by atoms with E-state index in [0.29, 0.717) is 11.2 Å². The average Bonchev–Trinajstić information content (AvgIpc) is 2.77. The Hall–Kier alpha value is -0.750. The summed E-state index contributed by atoms with van der Waals surface area (Å²) in [6.07, 6.45) is 2.55. The van der Waals surface area contributed by atoms with Gasteiger partial charge < -0.3 is 10.1 Å². The lowest BCUT2D eigenvalue weighted by atomic mass is 10.2. The topological polar surface area (TPSA) is 59.9 Å². The molecule has 18 heavy (non-hydrogen) atoms. The summed E-state index contributed by atoms with van der Waals surface area (Å²) in [4.78, 5) is 12.2. The Morgan fingerprint density at radius 1 is 1.44 bits per heavy atom. The Morgan fingerprint density at radius 2 is 2.28 bits per heavy atom. The number of anilines is 1. The van der Waals surface area contributed by atoms with Crippen LogP contribution in [0, 0.1) is 0 Å². The number of nitrogens with one attached hydrogen (secondary N) is 1. The first-order chi connectivity index (χ1) is 8.63. The molecule has 1 N–H and O–H groups in total. The van der Waals surface area contributed by atoms with E-state index in [1.165, 1.54) is 18.6 Å². The highest BCUT2D eigenvalue weighted by Crippen LogP contribution is 2.26. The molecule has 0 aromatic carbocycles. The van der Waals surface area contributed by atoms with Crippen LogP contribution in [0.2, 0.25) is 5.28 Å². The SMILES string of the molecule is CC(C)Oc1nc(Cl)nc(NCC2CCCS2)n1. The average molecular weight is 289 g/mol. The third-order valence-electron chi connectivity index (χ3n) is 2.44. The van der Waals surface area contributed by atoms with Crippen molar-refractivity contribution in [3.05, 3.63) is 5.28 Å². The molecule has 100 valence electrons. The van der Waals surface area contributed by atoms with E-state index in [1.54, 1.807) is 0 Å². The maximum Gasteiger partial charge on any atom is 0.322 e. The molecule has 0 spiro atoms. The van der Waals surface area contributed by atoms with Crippen LogP contribution in [0.3, 0.4) is 0 Å². The molecule has 0 aliphatic carbocycles. The van der Waals surface area contributed by atoms with E-state index in [4.69, 9.17) is 16.3 Å². The minimum absolute atomic E-state index is 0.0155.